The normalized spacial score (nSPS) is 24.3. The summed E-state index contributed by atoms with van der Waals surface area (Å²) in [6, 6.07) is 2.04. The van der Waals surface area contributed by atoms with Gasteiger partial charge in [-0.05, 0) is 31.5 Å². The first-order chi connectivity index (χ1) is 14.5. The van der Waals surface area contributed by atoms with Crippen molar-refractivity contribution in [3.63, 3.8) is 0 Å². The lowest BCUT2D eigenvalue weighted by Crippen LogP contribution is -2.65. The van der Waals surface area contributed by atoms with E-state index in [4.69, 9.17) is 4.74 Å². The zero-order valence-electron chi connectivity index (χ0n) is 16.8. The Hall–Kier alpha value is -3.05. The number of ether oxygens (including phenoxy) is 1. The number of hydrogen-bond acceptors (Lipinski definition) is 6. The average molecular weight is 435 g/mol. The van der Waals surface area contributed by atoms with Gasteiger partial charge in [-0.2, -0.15) is 18.3 Å². The number of rotatable bonds is 3. The first-order valence-corrected chi connectivity index (χ1v) is 9.50. The molecule has 0 radical (unpaired) electrons. The minimum Gasteiger partial charge on any atom is -0.385 e. The zero-order chi connectivity index (χ0) is 22.4. The van der Waals surface area contributed by atoms with Crippen LogP contribution in [0.1, 0.15) is 40.5 Å². The number of hydrogen-bond donors (Lipinski definition) is 2. The molecule has 1 fully saturated rings. The standard InChI is InChI=1S/C20H20F3N5O3/c1-12-7-25-16-14(9-26-28(16)10-12)17(29)27-19(5-6-31-11-18(19,2)30)15-4-3-13(8-24-15)20(21,22)23/h3-4,7-10,30H,5-6,11H2,1-2H3,(H,27,29). The van der Waals surface area contributed by atoms with E-state index in [1.165, 1.54) is 23.7 Å². The Morgan fingerprint density at radius 3 is 2.68 bits per heavy atom. The molecule has 0 aromatic carbocycles. The van der Waals surface area contributed by atoms with Crippen LogP contribution in [0.2, 0.25) is 0 Å². The van der Waals surface area contributed by atoms with Gasteiger partial charge in [-0.25, -0.2) is 9.50 Å². The minimum absolute atomic E-state index is 0.0995. The Bertz CT molecular complexity index is 1130. The summed E-state index contributed by atoms with van der Waals surface area (Å²) in [7, 11) is 0. The van der Waals surface area contributed by atoms with Crippen LogP contribution in [0.25, 0.3) is 5.65 Å². The summed E-state index contributed by atoms with van der Waals surface area (Å²) in [4.78, 5) is 21.4. The SMILES string of the molecule is Cc1cnc2c(C(=O)NC3(c4ccc(C(F)(F)F)cn4)CCOCC3(C)O)cnn2c1. The third-order valence-corrected chi connectivity index (χ3v) is 5.51. The van der Waals surface area contributed by atoms with Crippen molar-refractivity contribution in [3.05, 3.63) is 59.3 Å². The lowest BCUT2D eigenvalue weighted by atomic mass is 9.74. The molecule has 3 aromatic heterocycles. The molecule has 3 aromatic rings. The molecular weight excluding hydrogens is 415 g/mol. The molecule has 8 nitrogen and oxygen atoms in total. The van der Waals surface area contributed by atoms with Crippen LogP contribution in [0.5, 0.6) is 0 Å². The molecule has 4 heterocycles. The second-order valence-electron chi connectivity index (χ2n) is 7.82. The molecule has 1 aliphatic rings. The number of amides is 1. The van der Waals surface area contributed by atoms with Gasteiger partial charge in [0, 0.05) is 31.6 Å². The van der Waals surface area contributed by atoms with Crippen LogP contribution in [-0.4, -0.2) is 49.4 Å². The number of pyridine rings is 1. The second-order valence-corrected chi connectivity index (χ2v) is 7.82. The Morgan fingerprint density at radius 2 is 2.03 bits per heavy atom. The summed E-state index contributed by atoms with van der Waals surface area (Å²) in [6.07, 6.45) is 0.882. The van der Waals surface area contributed by atoms with Gasteiger partial charge in [0.2, 0.25) is 0 Å². The predicted molar refractivity (Wildman–Crippen MR) is 102 cm³/mol. The third-order valence-electron chi connectivity index (χ3n) is 5.51. The van der Waals surface area contributed by atoms with E-state index in [0.717, 1.165) is 11.6 Å². The Morgan fingerprint density at radius 1 is 1.26 bits per heavy atom. The Balaban J connectivity index is 1.76. The van der Waals surface area contributed by atoms with Crippen molar-refractivity contribution >= 4 is 11.6 Å². The van der Waals surface area contributed by atoms with Crippen LogP contribution >= 0.6 is 0 Å². The minimum atomic E-state index is -4.55. The van der Waals surface area contributed by atoms with Crippen molar-refractivity contribution in [2.24, 2.45) is 0 Å². The van der Waals surface area contributed by atoms with E-state index in [1.54, 1.807) is 12.4 Å². The van der Waals surface area contributed by atoms with Crippen molar-refractivity contribution in [3.8, 4) is 0 Å². The molecule has 4 rings (SSSR count). The quantitative estimate of drug-likeness (QED) is 0.655. The highest BCUT2D eigenvalue weighted by molar-refractivity contribution is 6.00. The summed E-state index contributed by atoms with van der Waals surface area (Å²) in [6.45, 7) is 3.31. The van der Waals surface area contributed by atoms with Crippen LogP contribution in [0, 0.1) is 6.92 Å². The maximum Gasteiger partial charge on any atom is 0.417 e. The van der Waals surface area contributed by atoms with E-state index in [-0.39, 0.29) is 30.9 Å². The molecule has 1 saturated heterocycles. The molecular formula is C20H20F3N5O3. The van der Waals surface area contributed by atoms with Gasteiger partial charge < -0.3 is 15.2 Å². The van der Waals surface area contributed by atoms with Crippen molar-refractivity contribution in [1.82, 2.24) is 24.9 Å². The number of aryl methyl sites for hydroxylation is 1. The van der Waals surface area contributed by atoms with Gasteiger partial charge in [0.05, 0.1) is 24.1 Å². The number of alkyl halides is 3. The molecule has 31 heavy (non-hydrogen) atoms. The van der Waals surface area contributed by atoms with E-state index >= 15 is 0 Å². The molecule has 164 valence electrons. The van der Waals surface area contributed by atoms with Gasteiger partial charge in [-0.15, -0.1) is 0 Å². The van der Waals surface area contributed by atoms with Crippen molar-refractivity contribution in [1.29, 1.82) is 0 Å². The van der Waals surface area contributed by atoms with Crippen LogP contribution in [0.15, 0.2) is 36.9 Å². The molecule has 0 bridgehead atoms. The molecule has 2 unspecified atom stereocenters. The third kappa shape index (κ3) is 3.63. The van der Waals surface area contributed by atoms with Crippen molar-refractivity contribution in [2.45, 2.75) is 37.6 Å². The van der Waals surface area contributed by atoms with Gasteiger partial charge in [0.1, 0.15) is 16.7 Å². The summed E-state index contributed by atoms with van der Waals surface area (Å²) >= 11 is 0. The summed E-state index contributed by atoms with van der Waals surface area (Å²) < 4.78 is 45.8. The molecule has 0 aliphatic carbocycles. The highest BCUT2D eigenvalue weighted by Crippen LogP contribution is 2.40. The Labute approximate surface area is 175 Å². The highest BCUT2D eigenvalue weighted by atomic mass is 19.4. The number of carbonyl (C=O) groups excluding carboxylic acids is 1. The van der Waals surface area contributed by atoms with Gasteiger partial charge in [0.15, 0.2) is 5.65 Å². The largest absolute Gasteiger partial charge is 0.417 e. The first-order valence-electron chi connectivity index (χ1n) is 9.50. The molecule has 11 heteroatoms. The number of nitrogens with zero attached hydrogens (tertiary/aromatic N) is 4. The topological polar surface area (TPSA) is 102 Å². The van der Waals surface area contributed by atoms with E-state index in [9.17, 15) is 23.1 Å². The van der Waals surface area contributed by atoms with Crippen LogP contribution in [0.3, 0.4) is 0 Å². The number of fused-ring (bicyclic) bond motifs is 1. The highest BCUT2D eigenvalue weighted by Gasteiger charge is 2.53. The smallest absolute Gasteiger partial charge is 0.385 e. The summed E-state index contributed by atoms with van der Waals surface area (Å²) in [5.74, 6) is -0.588. The van der Waals surface area contributed by atoms with E-state index in [2.05, 4.69) is 20.4 Å². The monoisotopic (exact) mass is 435 g/mol. The summed E-state index contributed by atoms with van der Waals surface area (Å²) in [5, 5.41) is 18.1. The van der Waals surface area contributed by atoms with Crippen molar-refractivity contribution in [2.75, 3.05) is 13.2 Å². The number of halogens is 3. The molecule has 1 amide bonds. The molecule has 2 atom stereocenters. The van der Waals surface area contributed by atoms with Gasteiger partial charge >= 0.3 is 6.18 Å². The fraction of sp³-hybridized carbons (Fsp3) is 0.400. The number of aliphatic hydroxyl groups is 1. The molecule has 2 N–H and O–H groups in total. The van der Waals surface area contributed by atoms with Crippen molar-refractivity contribution < 1.29 is 27.8 Å². The fourth-order valence-electron chi connectivity index (χ4n) is 3.76. The average Bonchev–Trinajstić information content (AvgIpc) is 3.12. The Kier molecular flexibility index (Phi) is 4.97. The fourth-order valence-corrected chi connectivity index (χ4v) is 3.76. The molecule has 1 aliphatic heterocycles. The van der Waals surface area contributed by atoms with E-state index in [1.807, 2.05) is 6.92 Å². The number of nitrogens with one attached hydrogen (secondary N) is 1. The molecule has 0 spiro atoms. The zero-order valence-corrected chi connectivity index (χ0v) is 16.8. The van der Waals surface area contributed by atoms with E-state index in [0.29, 0.717) is 11.8 Å². The molecule has 0 saturated carbocycles. The van der Waals surface area contributed by atoms with Gasteiger partial charge in [-0.3, -0.25) is 9.78 Å². The predicted octanol–water partition coefficient (Wildman–Crippen LogP) is 2.25. The van der Waals surface area contributed by atoms with Gasteiger partial charge in [-0.1, -0.05) is 0 Å². The van der Waals surface area contributed by atoms with E-state index < -0.39 is 28.8 Å². The maximum atomic E-state index is 13.2. The van der Waals surface area contributed by atoms with Crippen LogP contribution < -0.4 is 5.32 Å². The lowest BCUT2D eigenvalue weighted by Gasteiger charge is -2.48. The van der Waals surface area contributed by atoms with Gasteiger partial charge in [0.25, 0.3) is 5.91 Å². The second kappa shape index (κ2) is 7.27. The number of aromatic nitrogens is 4. The van der Waals surface area contributed by atoms with Crippen LogP contribution in [-0.2, 0) is 16.5 Å². The first kappa shape index (κ1) is 21.2. The summed E-state index contributed by atoms with van der Waals surface area (Å²) in [5.41, 5.74) is -2.63. The maximum absolute atomic E-state index is 13.2. The van der Waals surface area contributed by atoms with Crippen LogP contribution in [0.4, 0.5) is 13.2 Å². The number of carbonyl (C=O) groups is 1. The lowest BCUT2D eigenvalue weighted by molar-refractivity contribution is -0.141.